The minimum Gasteiger partial charge on any atom is -0.453 e. The Morgan fingerprint density at radius 2 is 1.67 bits per heavy atom. The number of halogens is 4. The van der Waals surface area contributed by atoms with Gasteiger partial charge in [0, 0.05) is 10.6 Å². The van der Waals surface area contributed by atoms with Gasteiger partial charge in [0.2, 0.25) is 5.43 Å². The lowest BCUT2D eigenvalue weighted by atomic mass is 10.1. The molecule has 0 bridgehead atoms. The zero-order valence-corrected chi connectivity index (χ0v) is 12.6. The molecule has 0 saturated carbocycles. The molecule has 0 radical (unpaired) electrons. The molecule has 2 aromatic carbocycles. The summed E-state index contributed by atoms with van der Waals surface area (Å²) in [6, 6.07) is 8.34. The lowest BCUT2D eigenvalue weighted by molar-refractivity contribution is 0.616. The van der Waals surface area contributed by atoms with E-state index in [1.165, 1.54) is 36.4 Å². The van der Waals surface area contributed by atoms with E-state index in [9.17, 15) is 9.18 Å². The minimum absolute atomic E-state index is 0.104. The molecule has 0 saturated heterocycles. The normalized spacial score (nSPS) is 11.0. The SMILES string of the molecule is O=c1c(Cl)c(-c2ccc(F)cc2)oc2c(Cl)cc(Cl)cc12. The topological polar surface area (TPSA) is 30.2 Å². The molecule has 0 spiro atoms. The molecule has 0 amide bonds. The third-order valence-electron chi connectivity index (χ3n) is 2.96. The van der Waals surface area contributed by atoms with Gasteiger partial charge in [0.15, 0.2) is 11.3 Å². The molecule has 3 aromatic rings. The molecular weight excluding hydrogens is 338 g/mol. The van der Waals surface area contributed by atoms with E-state index in [4.69, 9.17) is 39.2 Å². The molecule has 0 N–H and O–H groups in total. The average Bonchev–Trinajstić information content (AvgIpc) is 2.44. The Balaban J connectivity index is 2.37. The number of hydrogen-bond donors (Lipinski definition) is 0. The molecular formula is C15H6Cl3FO2. The van der Waals surface area contributed by atoms with E-state index < -0.39 is 11.2 Å². The summed E-state index contributed by atoms with van der Waals surface area (Å²) in [5.41, 5.74) is 0.225. The Morgan fingerprint density at radius 1 is 1.00 bits per heavy atom. The molecule has 21 heavy (non-hydrogen) atoms. The van der Waals surface area contributed by atoms with Crippen LogP contribution in [0.3, 0.4) is 0 Å². The molecule has 0 fully saturated rings. The molecule has 0 aliphatic carbocycles. The maximum absolute atomic E-state index is 13.0. The summed E-state index contributed by atoms with van der Waals surface area (Å²) in [4.78, 5) is 12.3. The van der Waals surface area contributed by atoms with E-state index in [1.807, 2.05) is 0 Å². The number of fused-ring (bicyclic) bond motifs is 1. The number of hydrogen-bond acceptors (Lipinski definition) is 2. The van der Waals surface area contributed by atoms with E-state index in [2.05, 4.69) is 0 Å². The highest BCUT2D eigenvalue weighted by atomic mass is 35.5. The van der Waals surface area contributed by atoms with Crippen LogP contribution in [0.5, 0.6) is 0 Å². The van der Waals surface area contributed by atoms with Gasteiger partial charge in [-0.3, -0.25) is 4.79 Å². The van der Waals surface area contributed by atoms with Crippen molar-refractivity contribution in [1.29, 1.82) is 0 Å². The monoisotopic (exact) mass is 342 g/mol. The first-order valence-electron chi connectivity index (χ1n) is 5.84. The molecule has 0 aliphatic heterocycles. The highest BCUT2D eigenvalue weighted by Crippen LogP contribution is 2.33. The zero-order chi connectivity index (χ0) is 15.1. The number of benzene rings is 2. The fourth-order valence-electron chi connectivity index (χ4n) is 1.99. The first-order chi connectivity index (χ1) is 9.97. The van der Waals surface area contributed by atoms with Crippen molar-refractivity contribution in [3.05, 3.63) is 67.5 Å². The summed E-state index contributed by atoms with van der Waals surface area (Å²) in [5.74, 6) is -0.263. The van der Waals surface area contributed by atoms with Crippen LogP contribution >= 0.6 is 34.8 Å². The quantitative estimate of drug-likeness (QED) is 0.579. The minimum atomic E-state index is -0.443. The predicted octanol–water partition coefficient (Wildman–Crippen LogP) is 5.56. The van der Waals surface area contributed by atoms with Crippen LogP contribution in [0.15, 0.2) is 45.6 Å². The van der Waals surface area contributed by atoms with E-state index >= 15 is 0 Å². The molecule has 1 aromatic heterocycles. The van der Waals surface area contributed by atoms with Gasteiger partial charge in [-0.2, -0.15) is 0 Å². The van der Waals surface area contributed by atoms with Crippen molar-refractivity contribution >= 4 is 45.8 Å². The second kappa shape index (κ2) is 5.34. The Bertz CT molecular complexity index is 901. The van der Waals surface area contributed by atoms with Gasteiger partial charge in [0.1, 0.15) is 10.8 Å². The van der Waals surface area contributed by atoms with Crippen LogP contribution in [-0.2, 0) is 0 Å². The molecule has 0 atom stereocenters. The van der Waals surface area contributed by atoms with Crippen molar-refractivity contribution in [3.63, 3.8) is 0 Å². The lowest BCUT2D eigenvalue weighted by Gasteiger charge is -2.07. The van der Waals surface area contributed by atoms with Gasteiger partial charge >= 0.3 is 0 Å². The van der Waals surface area contributed by atoms with Gasteiger partial charge in [-0.15, -0.1) is 0 Å². The first kappa shape index (κ1) is 14.4. The maximum atomic E-state index is 13.0. The van der Waals surface area contributed by atoms with Crippen molar-refractivity contribution < 1.29 is 8.81 Å². The molecule has 0 aliphatic rings. The summed E-state index contributed by atoms with van der Waals surface area (Å²) >= 11 is 18.0. The van der Waals surface area contributed by atoms with Gasteiger partial charge in [0.25, 0.3) is 0 Å². The van der Waals surface area contributed by atoms with Gasteiger partial charge in [-0.1, -0.05) is 34.8 Å². The van der Waals surface area contributed by atoms with E-state index in [0.29, 0.717) is 10.6 Å². The predicted molar refractivity (Wildman–Crippen MR) is 82.9 cm³/mol. The van der Waals surface area contributed by atoms with Crippen LogP contribution in [0, 0.1) is 5.82 Å². The van der Waals surface area contributed by atoms with Crippen LogP contribution in [0.25, 0.3) is 22.3 Å². The van der Waals surface area contributed by atoms with Crippen molar-refractivity contribution in [2.75, 3.05) is 0 Å². The summed E-state index contributed by atoms with van der Waals surface area (Å²) in [6.45, 7) is 0. The van der Waals surface area contributed by atoms with Gasteiger partial charge in [-0.25, -0.2) is 4.39 Å². The Hall–Kier alpha value is -1.55. The van der Waals surface area contributed by atoms with Crippen molar-refractivity contribution in [2.24, 2.45) is 0 Å². The largest absolute Gasteiger partial charge is 0.453 e. The average molecular weight is 344 g/mol. The maximum Gasteiger partial charge on any atom is 0.212 e. The summed E-state index contributed by atoms with van der Waals surface area (Å²) in [6.07, 6.45) is 0. The fourth-order valence-corrected chi connectivity index (χ4v) is 2.77. The molecule has 2 nitrogen and oxygen atoms in total. The van der Waals surface area contributed by atoms with Crippen LogP contribution in [0.2, 0.25) is 15.1 Å². The molecule has 0 unspecified atom stereocenters. The van der Waals surface area contributed by atoms with Crippen LogP contribution < -0.4 is 5.43 Å². The Labute approximate surface area is 133 Å². The van der Waals surface area contributed by atoms with E-state index in [1.54, 1.807) is 0 Å². The molecule has 1 heterocycles. The smallest absolute Gasteiger partial charge is 0.212 e. The van der Waals surface area contributed by atoms with Crippen LogP contribution in [-0.4, -0.2) is 0 Å². The molecule has 6 heteroatoms. The van der Waals surface area contributed by atoms with Gasteiger partial charge in [0.05, 0.1) is 10.4 Å². The Morgan fingerprint density at radius 3 is 2.33 bits per heavy atom. The highest BCUT2D eigenvalue weighted by Gasteiger charge is 2.17. The van der Waals surface area contributed by atoms with Crippen molar-refractivity contribution in [2.45, 2.75) is 0 Å². The fraction of sp³-hybridized carbons (Fsp3) is 0. The lowest BCUT2D eigenvalue weighted by Crippen LogP contribution is -2.04. The summed E-state index contributed by atoms with van der Waals surface area (Å²) < 4.78 is 18.6. The highest BCUT2D eigenvalue weighted by molar-refractivity contribution is 6.38. The van der Waals surface area contributed by atoms with Crippen molar-refractivity contribution in [1.82, 2.24) is 0 Å². The number of rotatable bonds is 1. The van der Waals surface area contributed by atoms with Crippen molar-refractivity contribution in [3.8, 4) is 11.3 Å². The van der Waals surface area contributed by atoms with Crippen LogP contribution in [0.1, 0.15) is 0 Å². The molecule has 3 rings (SSSR count). The molecule has 106 valence electrons. The summed E-state index contributed by atoms with van der Waals surface area (Å²) in [5, 5.41) is 0.607. The second-order valence-electron chi connectivity index (χ2n) is 4.35. The second-order valence-corrected chi connectivity index (χ2v) is 5.57. The first-order valence-corrected chi connectivity index (χ1v) is 6.98. The zero-order valence-electron chi connectivity index (χ0n) is 10.3. The third-order valence-corrected chi connectivity index (χ3v) is 3.80. The van der Waals surface area contributed by atoms with Gasteiger partial charge < -0.3 is 4.42 Å². The van der Waals surface area contributed by atoms with E-state index in [-0.39, 0.29) is 26.8 Å². The van der Waals surface area contributed by atoms with E-state index in [0.717, 1.165) is 0 Å². The Kier molecular flexibility index (Phi) is 3.66. The van der Waals surface area contributed by atoms with Crippen LogP contribution in [0.4, 0.5) is 4.39 Å². The summed E-state index contributed by atoms with van der Waals surface area (Å²) in [7, 11) is 0. The third kappa shape index (κ3) is 2.53. The van der Waals surface area contributed by atoms with Gasteiger partial charge in [-0.05, 0) is 36.4 Å². The standard InChI is InChI=1S/C15H6Cl3FO2/c16-8-5-10-13(20)12(18)14(21-15(10)11(17)6-8)7-1-3-9(19)4-2-7/h1-6H.